The number of aryl methyl sites for hydroxylation is 1. The minimum absolute atomic E-state index is 0.0282. The number of carboxylic acid groups (broad SMARTS) is 1. The molecule has 8 nitrogen and oxygen atoms in total. The first-order valence-electron chi connectivity index (χ1n) is 8.14. The molecule has 0 bridgehead atoms. The molecule has 0 aliphatic carbocycles. The van der Waals surface area contributed by atoms with Gasteiger partial charge in [-0.05, 0) is 24.6 Å². The number of nitrogens with one attached hydrogen (secondary N) is 1. The molecule has 3 rings (SSSR count). The number of rotatable bonds is 3. The van der Waals surface area contributed by atoms with Gasteiger partial charge in [-0.1, -0.05) is 11.8 Å². The molecular weight excluding hydrogens is 338 g/mol. The highest BCUT2D eigenvalue weighted by Crippen LogP contribution is 2.23. The Hall–Kier alpha value is -3.34. The van der Waals surface area contributed by atoms with Gasteiger partial charge in [-0.2, -0.15) is 0 Å². The zero-order chi connectivity index (χ0) is 18.8. The summed E-state index contributed by atoms with van der Waals surface area (Å²) in [7, 11) is 1.61. The predicted octanol–water partition coefficient (Wildman–Crippen LogP) is 0.534. The number of hydrogen-bond acceptors (Lipinski definition) is 4. The Morgan fingerprint density at radius 1 is 1.31 bits per heavy atom. The van der Waals surface area contributed by atoms with E-state index in [9.17, 15) is 19.2 Å². The highest BCUT2D eigenvalue weighted by molar-refractivity contribution is 6.00. The molecule has 2 heterocycles. The molecule has 0 radical (unpaired) electrons. The zero-order valence-corrected chi connectivity index (χ0v) is 14.1. The summed E-state index contributed by atoms with van der Waals surface area (Å²) in [6.45, 7) is 0. The highest BCUT2D eigenvalue weighted by Gasteiger charge is 2.31. The quantitative estimate of drug-likeness (QED) is 0.616. The van der Waals surface area contributed by atoms with E-state index in [0.717, 1.165) is 0 Å². The summed E-state index contributed by atoms with van der Waals surface area (Å²) in [5.74, 6) is 3.95. The van der Waals surface area contributed by atoms with Gasteiger partial charge in [0.2, 0.25) is 11.8 Å². The summed E-state index contributed by atoms with van der Waals surface area (Å²) in [6, 6.07) is 4.43. The number of hydrogen-bond donors (Lipinski definition) is 2. The molecule has 0 spiro atoms. The first-order valence-corrected chi connectivity index (χ1v) is 8.14. The second-order valence-corrected chi connectivity index (χ2v) is 6.08. The van der Waals surface area contributed by atoms with Crippen LogP contribution in [0.1, 0.15) is 37.3 Å². The number of imidazole rings is 1. The number of aliphatic carboxylic acids is 1. The molecule has 1 aliphatic rings. The fourth-order valence-corrected chi connectivity index (χ4v) is 3.00. The Morgan fingerprint density at radius 3 is 2.77 bits per heavy atom. The van der Waals surface area contributed by atoms with Crippen molar-refractivity contribution in [3.63, 3.8) is 0 Å². The number of aromatic nitrogens is 2. The number of carboxylic acids is 1. The number of benzene rings is 1. The lowest BCUT2D eigenvalue weighted by molar-refractivity contribution is -0.137. The van der Waals surface area contributed by atoms with Gasteiger partial charge in [0.1, 0.15) is 6.04 Å². The lowest BCUT2D eigenvalue weighted by Gasteiger charge is -2.21. The molecule has 26 heavy (non-hydrogen) atoms. The number of amides is 2. The van der Waals surface area contributed by atoms with Crippen molar-refractivity contribution < 1.29 is 19.5 Å². The van der Waals surface area contributed by atoms with E-state index >= 15 is 0 Å². The maximum atomic E-state index is 12.6. The van der Waals surface area contributed by atoms with E-state index in [4.69, 9.17) is 5.11 Å². The molecule has 1 fully saturated rings. The van der Waals surface area contributed by atoms with Crippen LogP contribution >= 0.6 is 0 Å². The smallest absolute Gasteiger partial charge is 0.329 e. The molecule has 1 aromatic carbocycles. The summed E-state index contributed by atoms with van der Waals surface area (Å²) in [5, 5.41) is 10.9. The van der Waals surface area contributed by atoms with Gasteiger partial charge < -0.3 is 5.11 Å². The third-order valence-electron chi connectivity index (χ3n) is 4.31. The number of imide groups is 1. The normalized spacial score (nSPS) is 16.9. The van der Waals surface area contributed by atoms with Gasteiger partial charge in [0, 0.05) is 25.5 Å². The molecular formula is C18H17N3O5. The molecule has 2 aromatic rings. The second-order valence-electron chi connectivity index (χ2n) is 6.08. The highest BCUT2D eigenvalue weighted by atomic mass is 16.4. The van der Waals surface area contributed by atoms with Gasteiger partial charge in [0.15, 0.2) is 0 Å². The Bertz CT molecular complexity index is 1030. The molecule has 1 aromatic heterocycles. The first-order chi connectivity index (χ1) is 12.4. The molecule has 2 N–H and O–H groups in total. The summed E-state index contributed by atoms with van der Waals surface area (Å²) in [6.07, 6.45) is 0.677. The van der Waals surface area contributed by atoms with Crippen LogP contribution in [0.2, 0.25) is 0 Å². The van der Waals surface area contributed by atoms with Crippen molar-refractivity contribution in [1.82, 2.24) is 14.5 Å². The van der Waals surface area contributed by atoms with Crippen LogP contribution in [0.3, 0.4) is 0 Å². The molecule has 0 saturated carbocycles. The SMILES string of the molecule is Cn1c(=O)n(C2CCC(=O)NC2=O)c2ccc(C#CCCC(=O)O)cc21. The van der Waals surface area contributed by atoms with Crippen molar-refractivity contribution in [1.29, 1.82) is 0 Å². The first kappa shape index (κ1) is 17.5. The third kappa shape index (κ3) is 3.24. The summed E-state index contributed by atoms with van der Waals surface area (Å²) in [5.41, 5.74) is 1.51. The average Bonchev–Trinajstić information content (AvgIpc) is 2.83. The number of piperidine rings is 1. The van der Waals surface area contributed by atoms with Crippen molar-refractivity contribution in [3.05, 3.63) is 34.2 Å². The Labute approximate surface area is 148 Å². The largest absolute Gasteiger partial charge is 0.481 e. The van der Waals surface area contributed by atoms with Crippen LogP contribution in [-0.4, -0.2) is 32.0 Å². The molecule has 1 saturated heterocycles. The number of carbonyl (C=O) groups excluding carboxylic acids is 2. The average molecular weight is 355 g/mol. The van der Waals surface area contributed by atoms with Crippen LogP contribution in [-0.2, 0) is 21.4 Å². The fourth-order valence-electron chi connectivity index (χ4n) is 3.00. The lowest BCUT2D eigenvalue weighted by Crippen LogP contribution is -2.44. The van der Waals surface area contributed by atoms with E-state index in [0.29, 0.717) is 16.6 Å². The van der Waals surface area contributed by atoms with Crippen LogP contribution in [0.15, 0.2) is 23.0 Å². The fraction of sp³-hybridized carbons (Fsp3) is 0.333. The van der Waals surface area contributed by atoms with Crippen molar-refractivity contribution in [2.45, 2.75) is 31.7 Å². The lowest BCUT2D eigenvalue weighted by atomic mass is 10.1. The van der Waals surface area contributed by atoms with Crippen LogP contribution in [0, 0.1) is 11.8 Å². The molecule has 2 amide bonds. The zero-order valence-electron chi connectivity index (χ0n) is 14.1. The van der Waals surface area contributed by atoms with Crippen LogP contribution < -0.4 is 11.0 Å². The van der Waals surface area contributed by atoms with E-state index in [1.165, 1.54) is 9.13 Å². The summed E-state index contributed by atoms with van der Waals surface area (Å²) >= 11 is 0. The minimum Gasteiger partial charge on any atom is -0.481 e. The predicted molar refractivity (Wildman–Crippen MR) is 92.3 cm³/mol. The van der Waals surface area contributed by atoms with Crippen LogP contribution in [0.4, 0.5) is 0 Å². The van der Waals surface area contributed by atoms with Gasteiger partial charge in [-0.25, -0.2) is 4.79 Å². The summed E-state index contributed by atoms with van der Waals surface area (Å²) < 4.78 is 2.83. The molecule has 134 valence electrons. The van der Waals surface area contributed by atoms with Crippen molar-refractivity contribution >= 4 is 28.8 Å². The van der Waals surface area contributed by atoms with Crippen molar-refractivity contribution in [2.24, 2.45) is 7.05 Å². The van der Waals surface area contributed by atoms with E-state index < -0.39 is 17.9 Å². The maximum Gasteiger partial charge on any atom is 0.329 e. The van der Waals surface area contributed by atoms with Gasteiger partial charge in [-0.15, -0.1) is 0 Å². The van der Waals surface area contributed by atoms with Crippen LogP contribution in [0.25, 0.3) is 11.0 Å². The third-order valence-corrected chi connectivity index (χ3v) is 4.31. The number of carbonyl (C=O) groups is 3. The van der Waals surface area contributed by atoms with E-state index in [1.807, 2.05) is 0 Å². The Kier molecular flexibility index (Phi) is 4.63. The Balaban J connectivity index is 1.98. The molecule has 1 aliphatic heterocycles. The van der Waals surface area contributed by atoms with E-state index in [2.05, 4.69) is 17.2 Å². The van der Waals surface area contributed by atoms with E-state index in [-0.39, 0.29) is 37.3 Å². The van der Waals surface area contributed by atoms with Gasteiger partial charge in [0.25, 0.3) is 0 Å². The second kappa shape index (κ2) is 6.88. The monoisotopic (exact) mass is 355 g/mol. The van der Waals surface area contributed by atoms with Gasteiger partial charge in [-0.3, -0.25) is 28.8 Å². The topological polar surface area (TPSA) is 110 Å². The molecule has 8 heteroatoms. The molecule has 1 unspecified atom stereocenters. The number of fused-ring (bicyclic) bond motifs is 1. The van der Waals surface area contributed by atoms with Crippen LogP contribution in [0.5, 0.6) is 0 Å². The maximum absolute atomic E-state index is 12.6. The van der Waals surface area contributed by atoms with Crippen molar-refractivity contribution in [3.8, 4) is 11.8 Å². The minimum atomic E-state index is -0.904. The summed E-state index contributed by atoms with van der Waals surface area (Å²) in [4.78, 5) is 46.6. The van der Waals surface area contributed by atoms with Gasteiger partial charge >= 0.3 is 11.7 Å². The standard InChI is InChI=1S/C18H17N3O5/c1-20-14-10-11(4-2-3-5-16(23)24)6-7-12(14)21(18(20)26)13-8-9-15(22)19-17(13)25/h6-7,10,13H,3,5,8-9H2,1H3,(H,23,24)(H,19,22,25). The molecule has 1 atom stereocenters. The number of nitrogens with zero attached hydrogens (tertiary/aromatic N) is 2. The van der Waals surface area contributed by atoms with Crippen molar-refractivity contribution in [2.75, 3.05) is 0 Å². The van der Waals surface area contributed by atoms with E-state index in [1.54, 1.807) is 25.2 Å². The Morgan fingerprint density at radius 2 is 2.08 bits per heavy atom. The van der Waals surface area contributed by atoms with Gasteiger partial charge in [0.05, 0.1) is 17.5 Å².